The molecule has 4 N–H and O–H groups in total. The van der Waals surface area contributed by atoms with Crippen LogP contribution >= 0.6 is 12.6 Å². The molecule has 0 aliphatic heterocycles. The SMILES string of the molecule is CS.Cc1cccc([C@H](C)/C(N)=C/N)c1C. The minimum absolute atomic E-state index is 0.194. The molecule has 1 atom stereocenters. The topological polar surface area (TPSA) is 52.0 Å². The minimum atomic E-state index is 0.194. The lowest BCUT2D eigenvalue weighted by Crippen LogP contribution is -2.10. The second-order valence-electron chi connectivity index (χ2n) is 3.68. The molecule has 0 saturated carbocycles. The molecular weight excluding hydrogens is 216 g/mol. The van der Waals surface area contributed by atoms with E-state index in [-0.39, 0.29) is 5.92 Å². The van der Waals surface area contributed by atoms with Crippen molar-refractivity contribution in [2.75, 3.05) is 6.26 Å². The number of rotatable bonds is 2. The van der Waals surface area contributed by atoms with Gasteiger partial charge in [-0.2, -0.15) is 12.6 Å². The molecule has 0 spiro atoms. The molecule has 1 aromatic carbocycles. The number of hydrogen-bond acceptors (Lipinski definition) is 3. The van der Waals surface area contributed by atoms with E-state index in [1.165, 1.54) is 22.9 Å². The van der Waals surface area contributed by atoms with E-state index in [9.17, 15) is 0 Å². The van der Waals surface area contributed by atoms with Gasteiger partial charge in [0.2, 0.25) is 0 Å². The van der Waals surface area contributed by atoms with E-state index in [1.54, 1.807) is 6.26 Å². The summed E-state index contributed by atoms with van der Waals surface area (Å²) in [6.45, 7) is 6.29. The Labute approximate surface area is 104 Å². The van der Waals surface area contributed by atoms with Crippen molar-refractivity contribution < 1.29 is 0 Å². The first-order valence-corrected chi connectivity index (χ1v) is 6.15. The second-order valence-corrected chi connectivity index (χ2v) is 3.68. The average Bonchev–Trinajstić information content (AvgIpc) is 2.33. The van der Waals surface area contributed by atoms with Gasteiger partial charge in [-0.1, -0.05) is 25.1 Å². The highest BCUT2D eigenvalue weighted by molar-refractivity contribution is 7.79. The number of thiol groups is 1. The first-order chi connectivity index (χ1) is 7.57. The fourth-order valence-electron chi connectivity index (χ4n) is 1.57. The van der Waals surface area contributed by atoms with Gasteiger partial charge in [0, 0.05) is 17.8 Å². The molecular formula is C13H22N2S. The molecule has 3 heteroatoms. The third kappa shape index (κ3) is 3.49. The molecule has 0 aromatic heterocycles. The second kappa shape index (κ2) is 7.23. The molecule has 1 rings (SSSR count). The zero-order chi connectivity index (χ0) is 12.7. The normalized spacial score (nSPS) is 12.7. The quantitative estimate of drug-likeness (QED) is 0.694. The van der Waals surface area contributed by atoms with Crippen molar-refractivity contribution >= 4 is 12.6 Å². The van der Waals surface area contributed by atoms with Crippen LogP contribution in [-0.4, -0.2) is 6.26 Å². The zero-order valence-electron chi connectivity index (χ0n) is 10.5. The Kier molecular flexibility index (Phi) is 6.74. The van der Waals surface area contributed by atoms with Crippen molar-refractivity contribution in [3.05, 3.63) is 46.8 Å². The summed E-state index contributed by atoms with van der Waals surface area (Å²) in [7, 11) is 0. The molecule has 1 aromatic rings. The van der Waals surface area contributed by atoms with Crippen LogP contribution in [0.25, 0.3) is 0 Å². The minimum Gasteiger partial charge on any atom is -0.403 e. The van der Waals surface area contributed by atoms with Crippen molar-refractivity contribution in [3.8, 4) is 0 Å². The third-order valence-electron chi connectivity index (χ3n) is 2.81. The van der Waals surface area contributed by atoms with Gasteiger partial charge < -0.3 is 11.5 Å². The number of benzene rings is 1. The molecule has 0 saturated heterocycles. The Morgan fingerprint density at radius 3 is 2.38 bits per heavy atom. The molecule has 0 heterocycles. The van der Waals surface area contributed by atoms with Crippen LogP contribution in [0.5, 0.6) is 0 Å². The molecule has 0 unspecified atom stereocenters. The maximum Gasteiger partial charge on any atom is 0.0311 e. The van der Waals surface area contributed by atoms with Crippen LogP contribution in [-0.2, 0) is 0 Å². The molecule has 0 radical (unpaired) electrons. The third-order valence-corrected chi connectivity index (χ3v) is 2.81. The summed E-state index contributed by atoms with van der Waals surface area (Å²) in [6.07, 6.45) is 3.17. The molecule has 2 nitrogen and oxygen atoms in total. The van der Waals surface area contributed by atoms with Crippen molar-refractivity contribution in [2.24, 2.45) is 11.5 Å². The van der Waals surface area contributed by atoms with Crippen LogP contribution in [0.1, 0.15) is 29.5 Å². The Morgan fingerprint density at radius 2 is 1.88 bits per heavy atom. The molecule has 0 fully saturated rings. The van der Waals surface area contributed by atoms with Crippen LogP contribution in [0.3, 0.4) is 0 Å². The van der Waals surface area contributed by atoms with Crippen LogP contribution in [0.15, 0.2) is 30.1 Å². The summed E-state index contributed by atoms with van der Waals surface area (Å²) in [5.41, 5.74) is 15.8. The van der Waals surface area contributed by atoms with Gasteiger partial charge in [-0.05, 0) is 36.8 Å². The predicted molar refractivity (Wildman–Crippen MR) is 75.7 cm³/mol. The van der Waals surface area contributed by atoms with Gasteiger partial charge in [0.15, 0.2) is 0 Å². The van der Waals surface area contributed by atoms with Gasteiger partial charge in [-0.25, -0.2) is 0 Å². The smallest absolute Gasteiger partial charge is 0.0311 e. The highest BCUT2D eigenvalue weighted by Crippen LogP contribution is 2.25. The average molecular weight is 238 g/mol. The van der Waals surface area contributed by atoms with Gasteiger partial charge in [0.25, 0.3) is 0 Å². The van der Waals surface area contributed by atoms with E-state index in [0.29, 0.717) is 0 Å². The van der Waals surface area contributed by atoms with Gasteiger partial charge in [-0.15, -0.1) is 0 Å². The summed E-state index contributed by atoms with van der Waals surface area (Å²) in [6, 6.07) is 6.26. The van der Waals surface area contributed by atoms with E-state index >= 15 is 0 Å². The Hall–Kier alpha value is -1.09. The molecule has 0 aliphatic carbocycles. The maximum atomic E-state index is 5.80. The first kappa shape index (κ1) is 14.9. The summed E-state index contributed by atoms with van der Waals surface area (Å²) in [5.74, 6) is 0.194. The number of nitrogens with two attached hydrogens (primary N) is 2. The van der Waals surface area contributed by atoms with E-state index in [1.807, 2.05) is 0 Å². The van der Waals surface area contributed by atoms with Crippen LogP contribution in [0, 0.1) is 13.8 Å². The fraction of sp³-hybridized carbons (Fsp3) is 0.385. The van der Waals surface area contributed by atoms with Gasteiger partial charge in [0.1, 0.15) is 0 Å². The van der Waals surface area contributed by atoms with Crippen molar-refractivity contribution in [1.29, 1.82) is 0 Å². The summed E-state index contributed by atoms with van der Waals surface area (Å²) in [4.78, 5) is 0. The molecule has 90 valence electrons. The van der Waals surface area contributed by atoms with E-state index in [4.69, 9.17) is 11.5 Å². The largest absolute Gasteiger partial charge is 0.403 e. The van der Waals surface area contributed by atoms with E-state index in [2.05, 4.69) is 51.6 Å². The maximum absolute atomic E-state index is 5.80. The lowest BCUT2D eigenvalue weighted by Gasteiger charge is -2.16. The predicted octanol–water partition coefficient (Wildman–Crippen LogP) is 2.71. The first-order valence-electron chi connectivity index (χ1n) is 5.26. The van der Waals surface area contributed by atoms with Crippen molar-refractivity contribution in [3.63, 3.8) is 0 Å². The lowest BCUT2D eigenvalue weighted by atomic mass is 9.92. The summed E-state index contributed by atoms with van der Waals surface area (Å²) >= 11 is 3.53. The Balaban J connectivity index is 0.00000106. The number of allylic oxidation sites excluding steroid dienone is 1. The van der Waals surface area contributed by atoms with Crippen LogP contribution in [0.4, 0.5) is 0 Å². The van der Waals surface area contributed by atoms with Crippen molar-refractivity contribution in [1.82, 2.24) is 0 Å². The van der Waals surface area contributed by atoms with Crippen LogP contribution < -0.4 is 11.5 Å². The lowest BCUT2D eigenvalue weighted by molar-refractivity contribution is 0.860. The number of hydrogen-bond donors (Lipinski definition) is 3. The van der Waals surface area contributed by atoms with Crippen molar-refractivity contribution in [2.45, 2.75) is 26.7 Å². The molecule has 0 amide bonds. The highest BCUT2D eigenvalue weighted by Gasteiger charge is 2.11. The molecule has 16 heavy (non-hydrogen) atoms. The fourth-order valence-corrected chi connectivity index (χ4v) is 1.57. The van der Waals surface area contributed by atoms with E-state index in [0.717, 1.165) is 5.70 Å². The standard InChI is InChI=1S/C12H18N2.CH4S/c1-8-5-4-6-11(9(8)2)10(3)12(14)7-13;1-2/h4-7,10H,13-14H2,1-3H3;2H,1H3/b12-7-;/t10-;/m0./s1. The Bertz CT molecular complexity index is 359. The number of aryl methyl sites for hydroxylation is 1. The monoisotopic (exact) mass is 238 g/mol. The van der Waals surface area contributed by atoms with Gasteiger partial charge >= 0.3 is 0 Å². The van der Waals surface area contributed by atoms with Crippen LogP contribution in [0.2, 0.25) is 0 Å². The van der Waals surface area contributed by atoms with Gasteiger partial charge in [0.05, 0.1) is 0 Å². The molecule has 0 aliphatic rings. The van der Waals surface area contributed by atoms with Gasteiger partial charge in [-0.3, -0.25) is 0 Å². The summed E-state index contributed by atoms with van der Waals surface area (Å²) in [5, 5.41) is 0. The van der Waals surface area contributed by atoms with E-state index < -0.39 is 0 Å². The molecule has 0 bridgehead atoms. The Morgan fingerprint density at radius 1 is 1.31 bits per heavy atom. The zero-order valence-corrected chi connectivity index (χ0v) is 11.4. The highest BCUT2D eigenvalue weighted by atomic mass is 32.1. The summed E-state index contributed by atoms with van der Waals surface area (Å²) < 4.78 is 0.